The Labute approximate surface area is 117 Å². The molecule has 96 valence electrons. The van der Waals surface area contributed by atoms with E-state index in [-0.39, 0.29) is 6.04 Å². The Kier molecular flexibility index (Phi) is 6.49. The molecular formula is C13H20BrClN2. The Hall–Kier alpha value is -0.0900. The predicted molar refractivity (Wildman–Crippen MR) is 77.9 cm³/mol. The summed E-state index contributed by atoms with van der Waals surface area (Å²) in [6, 6.07) is 6.00. The summed E-state index contributed by atoms with van der Waals surface area (Å²) in [4.78, 5) is 0. The fourth-order valence-electron chi connectivity index (χ4n) is 1.84. The van der Waals surface area contributed by atoms with Gasteiger partial charge in [0.05, 0.1) is 0 Å². The van der Waals surface area contributed by atoms with Gasteiger partial charge >= 0.3 is 0 Å². The van der Waals surface area contributed by atoms with Crippen LogP contribution < -0.4 is 11.3 Å². The molecule has 0 saturated heterocycles. The summed E-state index contributed by atoms with van der Waals surface area (Å²) in [5, 5.41) is 0.735. The molecule has 17 heavy (non-hydrogen) atoms. The third-order valence-electron chi connectivity index (χ3n) is 2.81. The quantitative estimate of drug-likeness (QED) is 0.601. The molecule has 0 aliphatic rings. The lowest BCUT2D eigenvalue weighted by Crippen LogP contribution is -2.28. The normalized spacial score (nSPS) is 13.1. The van der Waals surface area contributed by atoms with E-state index >= 15 is 0 Å². The Balaban J connectivity index is 2.66. The lowest BCUT2D eigenvalue weighted by atomic mass is 9.98. The zero-order valence-corrected chi connectivity index (χ0v) is 12.7. The maximum atomic E-state index is 5.93. The number of hydrogen-bond donors (Lipinski definition) is 2. The second-order valence-corrected chi connectivity index (χ2v) is 6.00. The topological polar surface area (TPSA) is 38.0 Å². The van der Waals surface area contributed by atoms with Crippen molar-refractivity contribution in [2.45, 2.75) is 39.2 Å². The Morgan fingerprint density at radius 2 is 2.06 bits per heavy atom. The molecule has 0 bridgehead atoms. The van der Waals surface area contributed by atoms with Crippen molar-refractivity contribution in [2.75, 3.05) is 0 Å². The van der Waals surface area contributed by atoms with Gasteiger partial charge in [0.25, 0.3) is 0 Å². The highest BCUT2D eigenvalue weighted by Crippen LogP contribution is 2.29. The van der Waals surface area contributed by atoms with Gasteiger partial charge in [0.15, 0.2) is 0 Å². The number of hydrogen-bond acceptors (Lipinski definition) is 2. The van der Waals surface area contributed by atoms with Crippen LogP contribution in [0.5, 0.6) is 0 Å². The SMILES string of the molecule is CC(C)CCCC(NN)c1ccc(Cl)cc1Br. The molecule has 0 radical (unpaired) electrons. The van der Waals surface area contributed by atoms with Crippen LogP contribution in [0.15, 0.2) is 22.7 Å². The lowest BCUT2D eigenvalue weighted by Gasteiger charge is -2.18. The van der Waals surface area contributed by atoms with Crippen LogP contribution in [-0.4, -0.2) is 0 Å². The van der Waals surface area contributed by atoms with Crippen LogP contribution in [0.2, 0.25) is 5.02 Å². The van der Waals surface area contributed by atoms with Crippen molar-refractivity contribution < 1.29 is 0 Å². The van der Waals surface area contributed by atoms with Crippen LogP contribution >= 0.6 is 27.5 Å². The molecule has 0 amide bonds. The molecule has 0 fully saturated rings. The lowest BCUT2D eigenvalue weighted by molar-refractivity contribution is 0.454. The summed E-state index contributed by atoms with van der Waals surface area (Å²) in [6.07, 6.45) is 3.43. The minimum Gasteiger partial charge on any atom is -0.271 e. The van der Waals surface area contributed by atoms with E-state index in [1.165, 1.54) is 18.4 Å². The van der Waals surface area contributed by atoms with E-state index in [0.29, 0.717) is 0 Å². The van der Waals surface area contributed by atoms with E-state index in [9.17, 15) is 0 Å². The molecular weight excluding hydrogens is 300 g/mol. The largest absolute Gasteiger partial charge is 0.271 e. The first-order valence-electron chi connectivity index (χ1n) is 5.95. The molecule has 0 saturated carbocycles. The summed E-state index contributed by atoms with van der Waals surface area (Å²) in [6.45, 7) is 4.48. The number of nitrogens with two attached hydrogens (primary N) is 1. The summed E-state index contributed by atoms with van der Waals surface area (Å²) < 4.78 is 1.01. The van der Waals surface area contributed by atoms with E-state index in [0.717, 1.165) is 21.8 Å². The molecule has 2 nitrogen and oxygen atoms in total. The van der Waals surface area contributed by atoms with Crippen LogP contribution in [0.3, 0.4) is 0 Å². The van der Waals surface area contributed by atoms with Gasteiger partial charge < -0.3 is 0 Å². The molecule has 0 aliphatic heterocycles. The smallest absolute Gasteiger partial charge is 0.0471 e. The first-order valence-corrected chi connectivity index (χ1v) is 7.12. The van der Waals surface area contributed by atoms with Gasteiger partial charge in [0, 0.05) is 15.5 Å². The number of halogens is 2. The number of hydrazine groups is 1. The van der Waals surface area contributed by atoms with Gasteiger partial charge in [-0.3, -0.25) is 11.3 Å². The molecule has 1 rings (SSSR count). The standard InChI is InChI=1S/C13H20BrClN2/c1-9(2)4-3-5-13(17-16)11-7-6-10(15)8-12(11)14/h6-9,13,17H,3-5,16H2,1-2H3. The molecule has 3 N–H and O–H groups in total. The van der Waals surface area contributed by atoms with E-state index in [1.54, 1.807) is 0 Å². The molecule has 4 heteroatoms. The van der Waals surface area contributed by atoms with Crippen LogP contribution in [0.1, 0.15) is 44.7 Å². The van der Waals surface area contributed by atoms with Gasteiger partial charge in [-0.05, 0) is 30.0 Å². The van der Waals surface area contributed by atoms with E-state index < -0.39 is 0 Å². The number of benzene rings is 1. The molecule has 1 aromatic carbocycles. The second kappa shape index (κ2) is 7.37. The fourth-order valence-corrected chi connectivity index (χ4v) is 2.80. The highest BCUT2D eigenvalue weighted by atomic mass is 79.9. The predicted octanol–water partition coefficient (Wildman–Crippen LogP) is 4.43. The van der Waals surface area contributed by atoms with Gasteiger partial charge in [-0.2, -0.15) is 0 Å². The summed E-state index contributed by atoms with van der Waals surface area (Å²) in [5.41, 5.74) is 4.05. The maximum absolute atomic E-state index is 5.93. The van der Waals surface area contributed by atoms with Crippen LogP contribution in [-0.2, 0) is 0 Å². The molecule has 0 heterocycles. The third-order valence-corrected chi connectivity index (χ3v) is 3.74. The van der Waals surface area contributed by atoms with Gasteiger partial charge in [0.2, 0.25) is 0 Å². The van der Waals surface area contributed by atoms with E-state index in [4.69, 9.17) is 17.4 Å². The zero-order chi connectivity index (χ0) is 12.8. The Morgan fingerprint density at radius 1 is 1.35 bits per heavy atom. The molecule has 0 aliphatic carbocycles. The molecule has 1 unspecified atom stereocenters. The van der Waals surface area contributed by atoms with Crippen molar-refractivity contribution in [1.82, 2.24) is 5.43 Å². The van der Waals surface area contributed by atoms with Gasteiger partial charge in [-0.1, -0.05) is 60.3 Å². The Bertz CT molecular complexity index is 355. The van der Waals surface area contributed by atoms with E-state index in [1.807, 2.05) is 18.2 Å². The van der Waals surface area contributed by atoms with Crippen molar-refractivity contribution in [3.05, 3.63) is 33.3 Å². The summed E-state index contributed by atoms with van der Waals surface area (Å²) in [5.74, 6) is 6.36. The van der Waals surface area contributed by atoms with E-state index in [2.05, 4.69) is 35.2 Å². The van der Waals surface area contributed by atoms with Crippen molar-refractivity contribution in [3.8, 4) is 0 Å². The van der Waals surface area contributed by atoms with Crippen LogP contribution in [0.25, 0.3) is 0 Å². The average molecular weight is 320 g/mol. The Morgan fingerprint density at radius 3 is 2.59 bits per heavy atom. The van der Waals surface area contributed by atoms with Gasteiger partial charge in [-0.25, -0.2) is 0 Å². The highest BCUT2D eigenvalue weighted by molar-refractivity contribution is 9.10. The molecule has 0 spiro atoms. The first-order chi connectivity index (χ1) is 8.04. The third kappa shape index (κ3) is 4.96. The average Bonchev–Trinajstić information content (AvgIpc) is 2.25. The number of nitrogens with one attached hydrogen (secondary N) is 1. The van der Waals surface area contributed by atoms with Crippen LogP contribution in [0, 0.1) is 5.92 Å². The molecule has 1 atom stereocenters. The monoisotopic (exact) mass is 318 g/mol. The van der Waals surface area contributed by atoms with Crippen molar-refractivity contribution in [1.29, 1.82) is 0 Å². The summed E-state index contributed by atoms with van der Waals surface area (Å²) >= 11 is 9.46. The minimum atomic E-state index is 0.181. The first kappa shape index (κ1) is 15.0. The maximum Gasteiger partial charge on any atom is 0.0471 e. The van der Waals surface area contributed by atoms with Crippen molar-refractivity contribution in [2.24, 2.45) is 11.8 Å². The van der Waals surface area contributed by atoms with Gasteiger partial charge in [0.1, 0.15) is 0 Å². The molecule has 0 aromatic heterocycles. The zero-order valence-electron chi connectivity index (χ0n) is 10.3. The second-order valence-electron chi connectivity index (χ2n) is 4.71. The van der Waals surface area contributed by atoms with Crippen molar-refractivity contribution in [3.63, 3.8) is 0 Å². The summed E-state index contributed by atoms with van der Waals surface area (Å²) in [7, 11) is 0. The fraction of sp³-hybridized carbons (Fsp3) is 0.538. The van der Waals surface area contributed by atoms with Crippen LogP contribution in [0.4, 0.5) is 0 Å². The van der Waals surface area contributed by atoms with Gasteiger partial charge in [-0.15, -0.1) is 0 Å². The minimum absolute atomic E-state index is 0.181. The van der Waals surface area contributed by atoms with Crippen molar-refractivity contribution >= 4 is 27.5 Å². The molecule has 1 aromatic rings. The highest BCUT2D eigenvalue weighted by Gasteiger charge is 2.13. The number of rotatable bonds is 6.